The lowest BCUT2D eigenvalue weighted by Crippen LogP contribution is -2.18. The first-order valence-electron chi connectivity index (χ1n) is 4.98. The largest absolute Gasteiger partial charge is 0.466 e. The second-order valence-electron chi connectivity index (χ2n) is 3.52. The molecule has 0 aliphatic rings. The Balaban J connectivity index is 2.46. The minimum absolute atomic E-state index is 0.276. The van der Waals surface area contributed by atoms with Gasteiger partial charge in [0.2, 0.25) is 0 Å². The minimum atomic E-state index is -0.313. The quantitative estimate of drug-likeness (QED) is 0.882. The zero-order valence-electron chi connectivity index (χ0n) is 9.01. The van der Waals surface area contributed by atoms with Gasteiger partial charge in [0.1, 0.15) is 11.6 Å². The number of nitrogens with one attached hydrogen (secondary N) is 1. The predicted molar refractivity (Wildman–Crippen MR) is 71.4 cm³/mol. The van der Waals surface area contributed by atoms with E-state index in [4.69, 9.17) is 4.42 Å². The van der Waals surface area contributed by atoms with Gasteiger partial charge in [-0.25, -0.2) is 4.39 Å². The molecule has 0 aliphatic carbocycles. The molecular formula is C12H10Br2FNO. The lowest BCUT2D eigenvalue weighted by molar-refractivity contribution is 0.450. The number of halogens is 3. The fourth-order valence-electron chi connectivity index (χ4n) is 1.67. The summed E-state index contributed by atoms with van der Waals surface area (Å²) in [6.07, 6.45) is 1.57. The van der Waals surface area contributed by atoms with E-state index in [1.165, 1.54) is 6.07 Å². The Morgan fingerprint density at radius 3 is 2.59 bits per heavy atom. The van der Waals surface area contributed by atoms with Crippen molar-refractivity contribution in [3.8, 4) is 0 Å². The Morgan fingerprint density at radius 2 is 2.06 bits per heavy atom. The molecule has 0 saturated carbocycles. The zero-order chi connectivity index (χ0) is 12.4. The monoisotopic (exact) mass is 361 g/mol. The summed E-state index contributed by atoms with van der Waals surface area (Å²) >= 11 is 6.62. The highest BCUT2D eigenvalue weighted by Crippen LogP contribution is 2.31. The molecule has 0 aliphatic heterocycles. The van der Waals surface area contributed by atoms with Gasteiger partial charge in [0.25, 0.3) is 0 Å². The third-order valence-corrected chi connectivity index (χ3v) is 3.62. The van der Waals surface area contributed by atoms with Crippen LogP contribution < -0.4 is 5.32 Å². The molecule has 1 aromatic carbocycles. The molecule has 1 unspecified atom stereocenters. The lowest BCUT2D eigenvalue weighted by Gasteiger charge is -2.15. The van der Waals surface area contributed by atoms with Gasteiger partial charge < -0.3 is 9.73 Å². The van der Waals surface area contributed by atoms with E-state index in [0.29, 0.717) is 15.8 Å². The summed E-state index contributed by atoms with van der Waals surface area (Å²) in [4.78, 5) is 0. The number of hydrogen-bond acceptors (Lipinski definition) is 2. The highest BCUT2D eigenvalue weighted by atomic mass is 79.9. The summed E-state index contributed by atoms with van der Waals surface area (Å²) in [5.41, 5.74) is 0.548. The van der Waals surface area contributed by atoms with E-state index in [9.17, 15) is 4.39 Å². The van der Waals surface area contributed by atoms with E-state index in [1.54, 1.807) is 31.5 Å². The van der Waals surface area contributed by atoms with Gasteiger partial charge in [-0.2, -0.15) is 0 Å². The average molecular weight is 363 g/mol. The molecule has 0 bridgehead atoms. The van der Waals surface area contributed by atoms with Crippen LogP contribution in [0.5, 0.6) is 0 Å². The van der Waals surface area contributed by atoms with E-state index in [2.05, 4.69) is 37.2 Å². The highest BCUT2D eigenvalue weighted by Gasteiger charge is 2.21. The van der Waals surface area contributed by atoms with E-state index < -0.39 is 0 Å². The fraction of sp³-hybridized carbons (Fsp3) is 0.167. The highest BCUT2D eigenvalue weighted by molar-refractivity contribution is 9.10. The Hall–Kier alpha value is -0.650. The van der Waals surface area contributed by atoms with Gasteiger partial charge in [0.15, 0.2) is 0 Å². The van der Waals surface area contributed by atoms with Crippen molar-refractivity contribution in [2.45, 2.75) is 6.04 Å². The van der Waals surface area contributed by atoms with Crippen LogP contribution in [-0.2, 0) is 0 Å². The topological polar surface area (TPSA) is 25.2 Å². The summed E-state index contributed by atoms with van der Waals surface area (Å²) in [7, 11) is 1.76. The third kappa shape index (κ3) is 2.61. The van der Waals surface area contributed by atoms with Gasteiger partial charge in [0.05, 0.1) is 16.8 Å². The van der Waals surface area contributed by atoms with Crippen molar-refractivity contribution in [2.24, 2.45) is 0 Å². The van der Waals surface area contributed by atoms with Gasteiger partial charge in [-0.3, -0.25) is 0 Å². The van der Waals surface area contributed by atoms with E-state index >= 15 is 0 Å². The van der Waals surface area contributed by atoms with Crippen LogP contribution in [0.15, 0.2) is 43.9 Å². The smallest absolute Gasteiger partial charge is 0.139 e. The maximum atomic E-state index is 13.9. The van der Waals surface area contributed by atoms with Crippen molar-refractivity contribution in [1.82, 2.24) is 5.32 Å². The lowest BCUT2D eigenvalue weighted by atomic mass is 10.0. The molecule has 0 fully saturated rings. The molecular weight excluding hydrogens is 353 g/mol. The van der Waals surface area contributed by atoms with Gasteiger partial charge >= 0.3 is 0 Å². The van der Waals surface area contributed by atoms with Crippen molar-refractivity contribution < 1.29 is 8.81 Å². The predicted octanol–water partition coefficient (Wildman–Crippen LogP) is 4.25. The first kappa shape index (κ1) is 12.8. The molecule has 1 aromatic heterocycles. The molecule has 1 N–H and O–H groups in total. The van der Waals surface area contributed by atoms with Crippen LogP contribution in [0.4, 0.5) is 4.39 Å². The Kier molecular flexibility index (Phi) is 4.01. The minimum Gasteiger partial charge on any atom is -0.466 e. The molecule has 2 rings (SSSR count). The van der Waals surface area contributed by atoms with Crippen LogP contribution in [0, 0.1) is 5.82 Å². The van der Waals surface area contributed by atoms with Gasteiger partial charge in [-0.15, -0.1) is 0 Å². The molecule has 0 amide bonds. The standard InChI is InChI=1S/C12H10Br2FNO/c1-16-11(12-9(14)4-5-17-12)8-3-2-7(13)6-10(8)15/h2-6,11,16H,1H3. The first-order chi connectivity index (χ1) is 8.13. The van der Waals surface area contributed by atoms with Crippen LogP contribution in [0.1, 0.15) is 17.4 Å². The summed E-state index contributed by atoms with van der Waals surface area (Å²) in [5.74, 6) is 0.385. The molecule has 1 atom stereocenters. The molecule has 2 nitrogen and oxygen atoms in total. The molecule has 90 valence electrons. The number of rotatable bonds is 3. The average Bonchev–Trinajstić information content (AvgIpc) is 2.69. The number of furan rings is 1. The molecule has 0 saturated heterocycles. The van der Waals surface area contributed by atoms with Gasteiger partial charge in [-0.05, 0) is 41.2 Å². The van der Waals surface area contributed by atoms with Crippen LogP contribution in [-0.4, -0.2) is 7.05 Å². The molecule has 2 aromatic rings. The van der Waals surface area contributed by atoms with Gasteiger partial charge in [0, 0.05) is 10.0 Å². The maximum absolute atomic E-state index is 13.9. The molecule has 5 heteroatoms. The Morgan fingerprint density at radius 1 is 1.29 bits per heavy atom. The Labute approximate surface area is 115 Å². The van der Waals surface area contributed by atoms with Crippen LogP contribution in [0.3, 0.4) is 0 Å². The van der Waals surface area contributed by atoms with E-state index in [1.807, 2.05) is 0 Å². The van der Waals surface area contributed by atoms with Gasteiger partial charge in [-0.1, -0.05) is 22.0 Å². The number of hydrogen-bond donors (Lipinski definition) is 1. The molecule has 1 heterocycles. The van der Waals surface area contributed by atoms with Crippen molar-refractivity contribution in [2.75, 3.05) is 7.05 Å². The normalized spacial score (nSPS) is 12.7. The maximum Gasteiger partial charge on any atom is 0.139 e. The summed E-state index contributed by atoms with van der Waals surface area (Å²) < 4.78 is 20.8. The van der Waals surface area contributed by atoms with Crippen molar-refractivity contribution in [1.29, 1.82) is 0 Å². The van der Waals surface area contributed by atoms with Crippen LogP contribution in [0.25, 0.3) is 0 Å². The van der Waals surface area contributed by atoms with E-state index in [-0.39, 0.29) is 11.9 Å². The summed E-state index contributed by atoms with van der Waals surface area (Å²) in [6.45, 7) is 0. The van der Waals surface area contributed by atoms with Crippen molar-refractivity contribution in [3.63, 3.8) is 0 Å². The Bertz CT molecular complexity index is 527. The van der Waals surface area contributed by atoms with Crippen LogP contribution in [0.2, 0.25) is 0 Å². The van der Waals surface area contributed by atoms with Crippen LogP contribution >= 0.6 is 31.9 Å². The summed E-state index contributed by atoms with van der Waals surface area (Å²) in [5, 5.41) is 3.04. The first-order valence-corrected chi connectivity index (χ1v) is 6.57. The summed E-state index contributed by atoms with van der Waals surface area (Å²) in [6, 6.07) is 6.45. The number of benzene rings is 1. The fourth-order valence-corrected chi connectivity index (χ4v) is 2.44. The molecule has 17 heavy (non-hydrogen) atoms. The zero-order valence-corrected chi connectivity index (χ0v) is 12.2. The van der Waals surface area contributed by atoms with Crippen molar-refractivity contribution >= 4 is 31.9 Å². The third-order valence-electron chi connectivity index (χ3n) is 2.47. The molecule has 0 radical (unpaired) electrons. The second-order valence-corrected chi connectivity index (χ2v) is 5.29. The molecule has 0 spiro atoms. The second kappa shape index (κ2) is 5.33. The SMILES string of the molecule is CNC(c1ccc(Br)cc1F)c1occc1Br. The van der Waals surface area contributed by atoms with E-state index in [0.717, 1.165) is 4.47 Å². The van der Waals surface area contributed by atoms with Crippen molar-refractivity contribution in [3.05, 3.63) is 56.6 Å².